The third kappa shape index (κ3) is 6.12. The Labute approximate surface area is 204 Å². The van der Waals surface area contributed by atoms with E-state index in [9.17, 15) is 22.8 Å². The summed E-state index contributed by atoms with van der Waals surface area (Å²) in [6.07, 6.45) is -3.66. The molecule has 0 saturated heterocycles. The van der Waals surface area contributed by atoms with Gasteiger partial charge >= 0.3 is 6.18 Å². The third-order valence-corrected chi connectivity index (χ3v) is 5.16. The molecule has 0 atom stereocenters. The highest BCUT2D eigenvalue weighted by Gasteiger charge is 2.34. The Morgan fingerprint density at radius 1 is 0.861 bits per heavy atom. The van der Waals surface area contributed by atoms with Gasteiger partial charge in [-0.3, -0.25) is 9.59 Å². The van der Waals surface area contributed by atoms with Gasteiger partial charge in [0, 0.05) is 11.3 Å². The average molecular weight is 494 g/mol. The third-order valence-electron chi connectivity index (χ3n) is 5.16. The van der Waals surface area contributed by atoms with Crippen molar-refractivity contribution < 1.29 is 31.9 Å². The number of hydrogen-bond acceptors (Lipinski definition) is 4. The number of para-hydroxylation sites is 1. The lowest BCUT2D eigenvalue weighted by molar-refractivity contribution is -0.136. The van der Waals surface area contributed by atoms with Gasteiger partial charge in [-0.25, -0.2) is 0 Å². The molecule has 2 amide bonds. The maximum atomic E-state index is 13.7. The van der Waals surface area contributed by atoms with E-state index in [0.29, 0.717) is 5.75 Å². The number of alkyl halides is 3. The standard InChI is InChI=1S/C27H21F3N2O4/c28-27(29,30)21-17-19(31-26(34)24-11-6-15-35-24)12-13-22(21)32-25(33)14-16-36-23-10-5-4-9-20(23)18-7-2-1-3-8-18/h1-13,15,17H,14,16H2,(H,31,34)(H,32,33). The Morgan fingerprint density at radius 3 is 2.33 bits per heavy atom. The molecule has 9 heteroatoms. The summed E-state index contributed by atoms with van der Waals surface area (Å²) in [6.45, 7) is -0.0334. The van der Waals surface area contributed by atoms with Crippen molar-refractivity contribution in [1.29, 1.82) is 0 Å². The molecule has 0 saturated carbocycles. The van der Waals surface area contributed by atoms with Crippen LogP contribution in [0.1, 0.15) is 22.5 Å². The maximum absolute atomic E-state index is 13.7. The van der Waals surface area contributed by atoms with E-state index in [2.05, 4.69) is 10.6 Å². The van der Waals surface area contributed by atoms with Crippen LogP contribution in [0, 0.1) is 0 Å². The molecule has 4 aromatic rings. The molecule has 0 aliphatic carbocycles. The predicted molar refractivity (Wildman–Crippen MR) is 129 cm³/mol. The highest BCUT2D eigenvalue weighted by atomic mass is 19.4. The predicted octanol–water partition coefficient (Wildman–Crippen LogP) is 6.63. The van der Waals surface area contributed by atoms with Crippen LogP contribution in [-0.4, -0.2) is 18.4 Å². The number of nitrogens with one attached hydrogen (secondary N) is 2. The molecule has 0 aliphatic rings. The molecule has 4 rings (SSSR count). The molecule has 2 N–H and O–H groups in total. The van der Waals surface area contributed by atoms with Gasteiger partial charge in [-0.15, -0.1) is 0 Å². The van der Waals surface area contributed by atoms with Crippen molar-refractivity contribution in [3.63, 3.8) is 0 Å². The molecule has 3 aromatic carbocycles. The second kappa shape index (κ2) is 10.8. The van der Waals surface area contributed by atoms with Crippen molar-refractivity contribution in [3.05, 3.63) is 103 Å². The van der Waals surface area contributed by atoms with E-state index >= 15 is 0 Å². The lowest BCUT2D eigenvalue weighted by atomic mass is 10.1. The molecule has 0 aliphatic heterocycles. The minimum atomic E-state index is -4.76. The van der Waals surface area contributed by atoms with Gasteiger partial charge in [0.2, 0.25) is 5.91 Å². The minimum Gasteiger partial charge on any atom is -0.492 e. The normalized spacial score (nSPS) is 11.1. The molecule has 184 valence electrons. The fourth-order valence-corrected chi connectivity index (χ4v) is 3.48. The van der Waals surface area contributed by atoms with Gasteiger partial charge in [0.05, 0.1) is 30.5 Å². The molecule has 0 radical (unpaired) electrons. The summed E-state index contributed by atoms with van der Waals surface area (Å²) in [5.41, 5.74) is 0.163. The van der Waals surface area contributed by atoms with E-state index in [1.165, 1.54) is 24.5 Å². The zero-order chi connectivity index (χ0) is 25.5. The first-order chi connectivity index (χ1) is 17.3. The van der Waals surface area contributed by atoms with E-state index in [4.69, 9.17) is 9.15 Å². The fraction of sp³-hybridized carbons (Fsp3) is 0.111. The number of benzene rings is 3. The smallest absolute Gasteiger partial charge is 0.418 e. The Morgan fingerprint density at radius 2 is 1.61 bits per heavy atom. The van der Waals surface area contributed by atoms with Gasteiger partial charge in [-0.2, -0.15) is 13.2 Å². The van der Waals surface area contributed by atoms with E-state index < -0.39 is 29.2 Å². The van der Waals surface area contributed by atoms with Crippen LogP contribution in [-0.2, 0) is 11.0 Å². The van der Waals surface area contributed by atoms with Crippen LogP contribution < -0.4 is 15.4 Å². The number of hydrogen-bond donors (Lipinski definition) is 2. The van der Waals surface area contributed by atoms with Gasteiger partial charge in [-0.05, 0) is 42.0 Å². The van der Waals surface area contributed by atoms with Crippen molar-refractivity contribution in [1.82, 2.24) is 0 Å². The van der Waals surface area contributed by atoms with E-state index in [1.807, 2.05) is 42.5 Å². The summed E-state index contributed by atoms with van der Waals surface area (Å²) in [6, 6.07) is 22.8. The molecule has 0 bridgehead atoms. The lowest BCUT2D eigenvalue weighted by Gasteiger charge is -2.16. The van der Waals surface area contributed by atoms with Crippen molar-refractivity contribution >= 4 is 23.2 Å². The van der Waals surface area contributed by atoms with E-state index in [-0.39, 0.29) is 24.5 Å². The summed E-state index contributed by atoms with van der Waals surface area (Å²) in [5, 5.41) is 4.63. The minimum absolute atomic E-state index is 0.0334. The highest BCUT2D eigenvalue weighted by molar-refractivity contribution is 6.02. The highest BCUT2D eigenvalue weighted by Crippen LogP contribution is 2.37. The number of carbonyl (C=O) groups excluding carboxylic acids is 2. The van der Waals surface area contributed by atoms with Crippen LogP contribution in [0.3, 0.4) is 0 Å². The monoisotopic (exact) mass is 494 g/mol. The number of ether oxygens (including phenoxy) is 1. The molecule has 0 spiro atoms. The summed E-state index contributed by atoms with van der Waals surface area (Å²) >= 11 is 0. The molecular weight excluding hydrogens is 473 g/mol. The summed E-state index contributed by atoms with van der Waals surface area (Å²) < 4.78 is 51.7. The first-order valence-electron chi connectivity index (χ1n) is 10.9. The largest absolute Gasteiger partial charge is 0.492 e. The van der Waals surface area contributed by atoms with Crippen molar-refractivity contribution in [2.75, 3.05) is 17.2 Å². The number of furan rings is 1. The molecule has 0 fully saturated rings. The van der Waals surface area contributed by atoms with Gasteiger partial charge in [0.1, 0.15) is 5.75 Å². The van der Waals surface area contributed by atoms with Crippen LogP contribution in [0.15, 0.2) is 95.6 Å². The van der Waals surface area contributed by atoms with E-state index in [0.717, 1.165) is 23.3 Å². The van der Waals surface area contributed by atoms with Crippen molar-refractivity contribution in [3.8, 4) is 16.9 Å². The van der Waals surface area contributed by atoms with Gasteiger partial charge < -0.3 is 19.8 Å². The zero-order valence-electron chi connectivity index (χ0n) is 18.8. The van der Waals surface area contributed by atoms with Crippen LogP contribution in [0.25, 0.3) is 11.1 Å². The molecule has 1 aromatic heterocycles. The Kier molecular flexibility index (Phi) is 7.39. The van der Waals surface area contributed by atoms with Gasteiger partial charge in [0.15, 0.2) is 5.76 Å². The summed E-state index contributed by atoms with van der Waals surface area (Å²) in [7, 11) is 0. The topological polar surface area (TPSA) is 80.6 Å². The van der Waals surface area contributed by atoms with Crippen molar-refractivity contribution in [2.24, 2.45) is 0 Å². The first kappa shape index (κ1) is 24.6. The Bertz CT molecular complexity index is 1340. The number of rotatable bonds is 8. The fourth-order valence-electron chi connectivity index (χ4n) is 3.48. The number of amides is 2. The molecule has 6 nitrogen and oxygen atoms in total. The second-order valence-electron chi connectivity index (χ2n) is 7.70. The lowest BCUT2D eigenvalue weighted by Crippen LogP contribution is -2.19. The summed E-state index contributed by atoms with van der Waals surface area (Å²) in [4.78, 5) is 24.5. The number of halogens is 3. The van der Waals surface area contributed by atoms with Crippen molar-refractivity contribution in [2.45, 2.75) is 12.6 Å². The molecule has 36 heavy (non-hydrogen) atoms. The SMILES string of the molecule is O=C(CCOc1ccccc1-c1ccccc1)Nc1ccc(NC(=O)c2ccco2)cc1C(F)(F)F. The number of anilines is 2. The Hall–Kier alpha value is -4.53. The summed E-state index contributed by atoms with van der Waals surface area (Å²) in [5.74, 6) is -0.832. The van der Waals surface area contributed by atoms with Crippen LogP contribution in [0.2, 0.25) is 0 Å². The molecule has 1 heterocycles. The average Bonchev–Trinajstić information content (AvgIpc) is 3.41. The second-order valence-corrected chi connectivity index (χ2v) is 7.70. The Balaban J connectivity index is 1.40. The van der Waals surface area contributed by atoms with Crippen LogP contribution in [0.5, 0.6) is 5.75 Å². The zero-order valence-corrected chi connectivity index (χ0v) is 18.8. The maximum Gasteiger partial charge on any atom is 0.418 e. The van der Waals surface area contributed by atoms with Gasteiger partial charge in [0.25, 0.3) is 5.91 Å². The molecular formula is C27H21F3N2O4. The van der Waals surface area contributed by atoms with Crippen LogP contribution >= 0.6 is 0 Å². The van der Waals surface area contributed by atoms with Crippen LogP contribution in [0.4, 0.5) is 24.5 Å². The number of carbonyl (C=O) groups is 2. The first-order valence-corrected chi connectivity index (χ1v) is 10.9. The van der Waals surface area contributed by atoms with Gasteiger partial charge in [-0.1, -0.05) is 48.5 Å². The molecule has 0 unspecified atom stereocenters. The quantitative estimate of drug-likeness (QED) is 0.288. The van der Waals surface area contributed by atoms with E-state index in [1.54, 1.807) is 12.1 Å².